The number of methoxy groups -OCH3 is 1. The first kappa shape index (κ1) is 8.80. The highest BCUT2D eigenvalue weighted by atomic mass is 35.5. The van der Waals surface area contributed by atoms with Gasteiger partial charge in [0.15, 0.2) is 0 Å². The maximum absolute atomic E-state index is 4.90. The molecule has 0 aliphatic heterocycles. The van der Waals surface area contributed by atoms with Crippen LogP contribution in [0.5, 0.6) is 6.01 Å². The Bertz CT molecular complexity index is 340. The average Bonchev–Trinajstić information content (AvgIpc) is 2.46. The van der Waals surface area contributed by atoms with Crippen LogP contribution in [0.3, 0.4) is 0 Å². The molecule has 0 spiro atoms. The fourth-order valence-electron chi connectivity index (χ4n) is 0.930. The molecule has 0 atom stereocenters. The van der Waals surface area contributed by atoms with E-state index in [1.54, 1.807) is 19.5 Å². The van der Waals surface area contributed by atoms with Crippen LogP contribution < -0.4 is 4.74 Å². The number of halogens is 1. The lowest BCUT2D eigenvalue weighted by molar-refractivity contribution is 0.386. The van der Waals surface area contributed by atoms with Crippen LogP contribution in [0.15, 0.2) is 18.5 Å². The monoisotopic (exact) mass is 185 g/mol. The zero-order valence-electron chi connectivity index (χ0n) is 6.44. The Morgan fingerprint density at radius 2 is 2.33 bits per heavy atom. The highest BCUT2D eigenvalue weighted by Gasteiger charge is 1.99. The third kappa shape index (κ3) is 1.33. The summed E-state index contributed by atoms with van der Waals surface area (Å²) in [5.41, 5.74) is 1.77. The minimum absolute atomic E-state index is 0. The Morgan fingerprint density at radius 1 is 1.50 bits per heavy atom. The number of ether oxygens (including phenoxy) is 1. The molecular formula is C7H8ClN3O. The van der Waals surface area contributed by atoms with Crippen molar-refractivity contribution in [1.82, 2.24) is 15.0 Å². The molecule has 2 aromatic heterocycles. The van der Waals surface area contributed by atoms with Crippen LogP contribution in [-0.4, -0.2) is 22.1 Å². The van der Waals surface area contributed by atoms with Gasteiger partial charge in [-0.05, 0) is 6.07 Å². The maximum Gasteiger partial charge on any atom is 0.294 e. The van der Waals surface area contributed by atoms with Gasteiger partial charge >= 0.3 is 0 Å². The molecule has 2 rings (SSSR count). The number of H-pyrrole nitrogens is 1. The molecule has 0 radical (unpaired) electrons. The Balaban J connectivity index is 0.000000720. The van der Waals surface area contributed by atoms with Gasteiger partial charge in [-0.2, -0.15) is 4.98 Å². The van der Waals surface area contributed by atoms with Crippen molar-refractivity contribution in [2.75, 3.05) is 7.11 Å². The zero-order valence-corrected chi connectivity index (χ0v) is 7.26. The molecule has 0 fully saturated rings. The van der Waals surface area contributed by atoms with Crippen molar-refractivity contribution in [1.29, 1.82) is 0 Å². The predicted octanol–water partition coefficient (Wildman–Crippen LogP) is 1.39. The molecule has 0 amide bonds. The molecule has 4 nitrogen and oxygen atoms in total. The maximum atomic E-state index is 4.90. The van der Waals surface area contributed by atoms with E-state index in [0.717, 1.165) is 11.0 Å². The first-order valence-corrected chi connectivity index (χ1v) is 3.24. The third-order valence-corrected chi connectivity index (χ3v) is 1.46. The summed E-state index contributed by atoms with van der Waals surface area (Å²) in [6.45, 7) is 0. The van der Waals surface area contributed by atoms with Gasteiger partial charge in [0.1, 0.15) is 0 Å². The lowest BCUT2D eigenvalue weighted by Crippen LogP contribution is -1.82. The Labute approximate surface area is 75.4 Å². The molecule has 0 saturated heterocycles. The number of hydrogen-bond acceptors (Lipinski definition) is 3. The molecule has 0 aliphatic rings. The van der Waals surface area contributed by atoms with E-state index in [4.69, 9.17) is 4.74 Å². The number of aromatic nitrogens is 3. The van der Waals surface area contributed by atoms with Gasteiger partial charge in [-0.1, -0.05) is 0 Å². The second-order valence-corrected chi connectivity index (χ2v) is 2.14. The van der Waals surface area contributed by atoms with Crippen molar-refractivity contribution in [3.05, 3.63) is 18.5 Å². The summed E-state index contributed by atoms with van der Waals surface area (Å²) in [7, 11) is 1.57. The molecule has 5 heteroatoms. The largest absolute Gasteiger partial charge is 0.468 e. The van der Waals surface area contributed by atoms with Crippen molar-refractivity contribution in [3.63, 3.8) is 0 Å². The van der Waals surface area contributed by atoms with Gasteiger partial charge in [0.25, 0.3) is 6.01 Å². The number of hydrogen-bond donors (Lipinski definition) is 1. The SMILES string of the molecule is COc1nc2ccncc2[nH]1.Cl. The summed E-state index contributed by atoms with van der Waals surface area (Å²) < 4.78 is 4.90. The topological polar surface area (TPSA) is 50.8 Å². The summed E-state index contributed by atoms with van der Waals surface area (Å²) in [6, 6.07) is 2.35. The smallest absolute Gasteiger partial charge is 0.294 e. The van der Waals surface area contributed by atoms with E-state index in [0.29, 0.717) is 6.01 Å². The van der Waals surface area contributed by atoms with Crippen LogP contribution in [0.2, 0.25) is 0 Å². The van der Waals surface area contributed by atoms with Gasteiger partial charge in [-0.3, -0.25) is 4.98 Å². The van der Waals surface area contributed by atoms with E-state index >= 15 is 0 Å². The van der Waals surface area contributed by atoms with Crippen molar-refractivity contribution < 1.29 is 4.74 Å². The molecule has 2 aromatic rings. The van der Waals surface area contributed by atoms with Crippen LogP contribution in [0, 0.1) is 0 Å². The second kappa shape index (κ2) is 3.40. The molecule has 2 heterocycles. The number of rotatable bonds is 1. The highest BCUT2D eigenvalue weighted by molar-refractivity contribution is 5.85. The molecule has 0 saturated carbocycles. The Morgan fingerprint density at radius 3 is 3.00 bits per heavy atom. The van der Waals surface area contributed by atoms with Crippen LogP contribution in [-0.2, 0) is 0 Å². The Hall–Kier alpha value is -1.29. The van der Waals surface area contributed by atoms with Crippen LogP contribution in [0.1, 0.15) is 0 Å². The number of nitrogens with zero attached hydrogens (tertiary/aromatic N) is 2. The molecule has 64 valence electrons. The third-order valence-electron chi connectivity index (χ3n) is 1.46. The van der Waals surface area contributed by atoms with Gasteiger partial charge in [-0.15, -0.1) is 12.4 Å². The highest BCUT2D eigenvalue weighted by Crippen LogP contribution is 2.12. The molecule has 0 unspecified atom stereocenters. The normalized spacial score (nSPS) is 9.42. The Kier molecular flexibility index (Phi) is 2.50. The number of imidazole rings is 1. The number of pyridine rings is 1. The summed E-state index contributed by atoms with van der Waals surface area (Å²) in [5.74, 6) is 0. The van der Waals surface area contributed by atoms with Crippen molar-refractivity contribution in [2.24, 2.45) is 0 Å². The zero-order chi connectivity index (χ0) is 7.68. The average molecular weight is 186 g/mol. The second-order valence-electron chi connectivity index (χ2n) is 2.14. The van der Waals surface area contributed by atoms with E-state index < -0.39 is 0 Å². The van der Waals surface area contributed by atoms with Crippen molar-refractivity contribution >= 4 is 23.4 Å². The fraction of sp³-hybridized carbons (Fsp3) is 0.143. The lowest BCUT2D eigenvalue weighted by atomic mass is 10.4. The minimum Gasteiger partial charge on any atom is -0.468 e. The van der Waals surface area contributed by atoms with Crippen LogP contribution >= 0.6 is 12.4 Å². The molecule has 0 bridgehead atoms. The lowest BCUT2D eigenvalue weighted by Gasteiger charge is -1.86. The first-order valence-electron chi connectivity index (χ1n) is 3.24. The van der Waals surface area contributed by atoms with Gasteiger partial charge < -0.3 is 9.72 Å². The van der Waals surface area contributed by atoms with Gasteiger partial charge in [0, 0.05) is 6.20 Å². The quantitative estimate of drug-likeness (QED) is 0.731. The van der Waals surface area contributed by atoms with Crippen molar-refractivity contribution in [2.45, 2.75) is 0 Å². The number of fused-ring (bicyclic) bond motifs is 1. The van der Waals surface area contributed by atoms with Gasteiger partial charge in [-0.25, -0.2) is 0 Å². The summed E-state index contributed by atoms with van der Waals surface area (Å²) in [6.07, 6.45) is 3.41. The predicted molar refractivity (Wildman–Crippen MR) is 47.7 cm³/mol. The van der Waals surface area contributed by atoms with Gasteiger partial charge in [0.2, 0.25) is 0 Å². The fourth-order valence-corrected chi connectivity index (χ4v) is 0.930. The summed E-state index contributed by atoms with van der Waals surface area (Å²) in [4.78, 5) is 11.0. The van der Waals surface area contributed by atoms with Crippen LogP contribution in [0.4, 0.5) is 0 Å². The van der Waals surface area contributed by atoms with Crippen molar-refractivity contribution in [3.8, 4) is 6.01 Å². The summed E-state index contributed by atoms with van der Waals surface area (Å²) >= 11 is 0. The molecule has 0 aliphatic carbocycles. The number of nitrogens with one attached hydrogen (secondary N) is 1. The first-order chi connectivity index (χ1) is 5.40. The van der Waals surface area contributed by atoms with Crippen LogP contribution in [0.25, 0.3) is 11.0 Å². The molecule has 0 aromatic carbocycles. The van der Waals surface area contributed by atoms with E-state index in [1.807, 2.05) is 6.07 Å². The van der Waals surface area contributed by atoms with E-state index in [-0.39, 0.29) is 12.4 Å². The number of aromatic amines is 1. The van der Waals surface area contributed by atoms with E-state index in [1.165, 1.54) is 0 Å². The molecule has 12 heavy (non-hydrogen) atoms. The molecular weight excluding hydrogens is 178 g/mol. The minimum atomic E-state index is 0. The van der Waals surface area contributed by atoms with E-state index in [9.17, 15) is 0 Å². The molecule has 1 N–H and O–H groups in total. The van der Waals surface area contributed by atoms with Gasteiger partial charge in [0.05, 0.1) is 24.3 Å². The standard InChI is InChI=1S/C7H7N3O.ClH/c1-11-7-9-5-2-3-8-4-6(5)10-7;/h2-4H,1H3,(H,9,10);1H. The van der Waals surface area contributed by atoms with E-state index in [2.05, 4.69) is 15.0 Å². The summed E-state index contributed by atoms with van der Waals surface area (Å²) in [5, 5.41) is 0.